The normalized spacial score (nSPS) is 13.9. The van der Waals surface area contributed by atoms with E-state index in [2.05, 4.69) is 21.2 Å². The van der Waals surface area contributed by atoms with Gasteiger partial charge in [-0.05, 0) is 65.7 Å². The molecule has 2 heterocycles. The van der Waals surface area contributed by atoms with E-state index < -0.39 is 5.63 Å². The molecule has 5 aromatic rings. The molecule has 40 heavy (non-hydrogen) atoms. The highest BCUT2D eigenvalue weighted by Gasteiger charge is 2.18. The van der Waals surface area contributed by atoms with Crippen LogP contribution in [0.25, 0.3) is 22.1 Å². The Kier molecular flexibility index (Phi) is 7.36. The molecule has 4 aromatic carbocycles. The Balaban J connectivity index is 1.06. The van der Waals surface area contributed by atoms with Gasteiger partial charge in [-0.25, -0.2) is 4.79 Å². The Labute approximate surface area is 237 Å². The molecule has 1 saturated heterocycles. The van der Waals surface area contributed by atoms with Crippen molar-refractivity contribution in [2.75, 3.05) is 36.4 Å². The van der Waals surface area contributed by atoms with Crippen molar-refractivity contribution < 1.29 is 9.21 Å². The lowest BCUT2D eigenvalue weighted by Crippen LogP contribution is -2.46. The molecule has 6 rings (SSSR count). The van der Waals surface area contributed by atoms with Gasteiger partial charge in [0.15, 0.2) is 0 Å². The SMILES string of the molecule is O=C(Nc1ccc(N2CCN(Cc3ccccc3Cl)CC2)cc1)c1ccc(-c2cc3ccccc3oc2=O)cc1. The van der Waals surface area contributed by atoms with Gasteiger partial charge in [-0.2, -0.15) is 0 Å². The van der Waals surface area contributed by atoms with Crippen molar-refractivity contribution in [3.63, 3.8) is 0 Å². The van der Waals surface area contributed by atoms with Crippen molar-refractivity contribution in [3.05, 3.63) is 130 Å². The van der Waals surface area contributed by atoms with Crippen molar-refractivity contribution in [2.24, 2.45) is 0 Å². The second-order valence-corrected chi connectivity index (χ2v) is 10.3. The number of halogens is 1. The Morgan fingerprint density at radius 2 is 1.52 bits per heavy atom. The Bertz CT molecular complexity index is 1710. The monoisotopic (exact) mass is 549 g/mol. The first-order valence-electron chi connectivity index (χ1n) is 13.3. The summed E-state index contributed by atoms with van der Waals surface area (Å²) < 4.78 is 5.45. The maximum Gasteiger partial charge on any atom is 0.344 e. The summed E-state index contributed by atoms with van der Waals surface area (Å²) in [5.41, 5.74) is 4.84. The molecule has 0 spiro atoms. The molecule has 1 amide bonds. The van der Waals surface area contributed by atoms with Gasteiger partial charge >= 0.3 is 5.63 Å². The molecule has 1 N–H and O–H groups in total. The maximum absolute atomic E-state index is 12.9. The summed E-state index contributed by atoms with van der Waals surface area (Å²) in [5, 5.41) is 4.63. The first-order valence-corrected chi connectivity index (χ1v) is 13.7. The molecule has 0 radical (unpaired) electrons. The second kappa shape index (κ2) is 11.4. The number of nitrogens with zero attached hydrogens (tertiary/aromatic N) is 2. The van der Waals surface area contributed by atoms with Gasteiger partial charge in [-0.15, -0.1) is 0 Å². The summed E-state index contributed by atoms with van der Waals surface area (Å²) in [5.74, 6) is -0.210. The lowest BCUT2D eigenvalue weighted by Gasteiger charge is -2.36. The number of carbonyl (C=O) groups excluding carboxylic acids is 1. The van der Waals surface area contributed by atoms with E-state index >= 15 is 0 Å². The van der Waals surface area contributed by atoms with Crippen LogP contribution in [0.5, 0.6) is 0 Å². The Morgan fingerprint density at radius 3 is 2.27 bits per heavy atom. The van der Waals surface area contributed by atoms with Crippen LogP contribution < -0.4 is 15.8 Å². The highest BCUT2D eigenvalue weighted by molar-refractivity contribution is 6.31. The first-order chi connectivity index (χ1) is 19.5. The lowest BCUT2D eigenvalue weighted by atomic mass is 10.0. The number of nitrogens with one attached hydrogen (secondary N) is 1. The van der Waals surface area contributed by atoms with E-state index in [0.717, 1.165) is 60.1 Å². The number of hydrogen-bond acceptors (Lipinski definition) is 5. The number of hydrogen-bond donors (Lipinski definition) is 1. The number of rotatable bonds is 6. The third-order valence-electron chi connectivity index (χ3n) is 7.31. The molecule has 1 aliphatic rings. The zero-order chi connectivity index (χ0) is 27.5. The molecule has 0 saturated carbocycles. The number of benzene rings is 4. The van der Waals surface area contributed by atoms with Crippen LogP contribution in [0.4, 0.5) is 11.4 Å². The van der Waals surface area contributed by atoms with Crippen LogP contribution >= 0.6 is 11.6 Å². The van der Waals surface area contributed by atoms with E-state index in [1.165, 1.54) is 0 Å². The summed E-state index contributed by atoms with van der Waals surface area (Å²) in [6.07, 6.45) is 0. The maximum atomic E-state index is 12.9. The molecule has 200 valence electrons. The number of para-hydroxylation sites is 1. The lowest BCUT2D eigenvalue weighted by molar-refractivity contribution is 0.102. The fourth-order valence-electron chi connectivity index (χ4n) is 5.05. The molecule has 7 heteroatoms. The molecule has 1 aliphatic heterocycles. The molecule has 6 nitrogen and oxygen atoms in total. The van der Waals surface area contributed by atoms with Crippen LogP contribution in [-0.4, -0.2) is 37.0 Å². The summed E-state index contributed by atoms with van der Waals surface area (Å²) in [6.45, 7) is 4.63. The molecule has 1 fully saturated rings. The van der Waals surface area contributed by atoms with E-state index in [1.807, 2.05) is 66.7 Å². The van der Waals surface area contributed by atoms with Gasteiger partial charge in [0.25, 0.3) is 5.91 Å². The minimum atomic E-state index is -0.405. The molecule has 1 aromatic heterocycles. The van der Waals surface area contributed by atoms with Crippen molar-refractivity contribution >= 4 is 39.9 Å². The van der Waals surface area contributed by atoms with E-state index in [1.54, 1.807) is 30.3 Å². The van der Waals surface area contributed by atoms with Crippen LogP contribution in [-0.2, 0) is 6.54 Å². The summed E-state index contributed by atoms with van der Waals surface area (Å²) >= 11 is 6.33. The second-order valence-electron chi connectivity index (χ2n) is 9.92. The van der Waals surface area contributed by atoms with Gasteiger partial charge in [0.2, 0.25) is 0 Å². The van der Waals surface area contributed by atoms with E-state index in [0.29, 0.717) is 22.3 Å². The summed E-state index contributed by atoms with van der Waals surface area (Å²) in [7, 11) is 0. The highest BCUT2D eigenvalue weighted by Crippen LogP contribution is 2.24. The van der Waals surface area contributed by atoms with Crippen molar-refractivity contribution in [1.82, 2.24) is 4.90 Å². The van der Waals surface area contributed by atoms with Crippen LogP contribution in [0, 0.1) is 0 Å². The number of amides is 1. The van der Waals surface area contributed by atoms with Gasteiger partial charge in [-0.3, -0.25) is 9.69 Å². The van der Waals surface area contributed by atoms with Crippen molar-refractivity contribution in [1.29, 1.82) is 0 Å². The number of anilines is 2. The van der Waals surface area contributed by atoms with Crippen molar-refractivity contribution in [3.8, 4) is 11.1 Å². The fourth-order valence-corrected chi connectivity index (χ4v) is 5.25. The third-order valence-corrected chi connectivity index (χ3v) is 7.68. The van der Waals surface area contributed by atoms with Crippen LogP contribution in [0.15, 0.2) is 112 Å². The van der Waals surface area contributed by atoms with Crippen LogP contribution in [0.2, 0.25) is 5.02 Å². The van der Waals surface area contributed by atoms with Gasteiger partial charge in [0, 0.05) is 60.1 Å². The zero-order valence-corrected chi connectivity index (χ0v) is 22.6. The summed E-state index contributed by atoms with van der Waals surface area (Å²) in [6, 6.07) is 32.1. The molecule has 0 unspecified atom stereocenters. The molecule has 0 atom stereocenters. The van der Waals surface area contributed by atoms with Gasteiger partial charge in [-0.1, -0.05) is 60.1 Å². The van der Waals surface area contributed by atoms with E-state index in [-0.39, 0.29) is 5.91 Å². The quantitative estimate of drug-likeness (QED) is 0.239. The van der Waals surface area contributed by atoms with Crippen LogP contribution in [0.1, 0.15) is 15.9 Å². The predicted octanol–water partition coefficient (Wildman–Crippen LogP) is 6.69. The van der Waals surface area contributed by atoms with Crippen LogP contribution in [0.3, 0.4) is 0 Å². The Morgan fingerprint density at radius 1 is 0.825 bits per heavy atom. The van der Waals surface area contributed by atoms with Gasteiger partial charge in [0.05, 0.1) is 5.56 Å². The summed E-state index contributed by atoms with van der Waals surface area (Å²) in [4.78, 5) is 30.1. The third kappa shape index (κ3) is 5.64. The number of fused-ring (bicyclic) bond motifs is 1. The zero-order valence-electron chi connectivity index (χ0n) is 21.8. The Hall–Kier alpha value is -4.39. The fraction of sp³-hybridized carbons (Fsp3) is 0.152. The minimum Gasteiger partial charge on any atom is -0.422 e. The highest BCUT2D eigenvalue weighted by atomic mass is 35.5. The predicted molar refractivity (Wildman–Crippen MR) is 161 cm³/mol. The smallest absolute Gasteiger partial charge is 0.344 e. The topological polar surface area (TPSA) is 65.8 Å². The largest absolute Gasteiger partial charge is 0.422 e. The average molecular weight is 550 g/mol. The van der Waals surface area contributed by atoms with E-state index in [4.69, 9.17) is 16.0 Å². The standard InChI is InChI=1S/C33H28ClN3O3/c34-30-7-3-1-6-26(30)22-36-17-19-37(20-18-36)28-15-13-27(14-16-28)35-32(38)24-11-9-23(10-12-24)29-21-25-5-2-4-8-31(25)40-33(29)39/h1-16,21H,17-20,22H2,(H,35,38). The molecular formula is C33H28ClN3O3. The number of piperazine rings is 1. The molecule has 0 bridgehead atoms. The number of carbonyl (C=O) groups is 1. The average Bonchev–Trinajstić information content (AvgIpc) is 2.99. The molecule has 0 aliphatic carbocycles. The molecular weight excluding hydrogens is 522 g/mol. The van der Waals surface area contributed by atoms with Gasteiger partial charge < -0.3 is 14.6 Å². The minimum absolute atomic E-state index is 0.210. The van der Waals surface area contributed by atoms with E-state index in [9.17, 15) is 9.59 Å². The van der Waals surface area contributed by atoms with Crippen molar-refractivity contribution in [2.45, 2.75) is 6.54 Å². The first kappa shape index (κ1) is 25.9. The van der Waals surface area contributed by atoms with Gasteiger partial charge in [0.1, 0.15) is 5.58 Å².